The van der Waals surface area contributed by atoms with Crippen molar-refractivity contribution in [3.05, 3.63) is 0 Å². The molecule has 3 heterocycles. The Bertz CT molecular complexity index is 515. The predicted octanol–water partition coefficient (Wildman–Crippen LogP) is 1.48. The molecule has 168 valence electrons. The molecule has 0 aliphatic carbocycles. The Morgan fingerprint density at radius 3 is 2.34 bits per heavy atom. The van der Waals surface area contributed by atoms with Crippen molar-refractivity contribution < 1.29 is 19.0 Å². The maximum Gasteiger partial charge on any atom is 0.243 e. The van der Waals surface area contributed by atoms with Crippen LogP contribution in [0.4, 0.5) is 0 Å². The van der Waals surface area contributed by atoms with Gasteiger partial charge in [-0.1, -0.05) is 0 Å². The molecule has 1 amide bonds. The van der Waals surface area contributed by atoms with E-state index in [-0.39, 0.29) is 54.7 Å². The number of amides is 1. The minimum atomic E-state index is 0. The van der Waals surface area contributed by atoms with Gasteiger partial charge >= 0.3 is 0 Å². The van der Waals surface area contributed by atoms with E-state index in [0.29, 0.717) is 6.61 Å². The number of hydrogen-bond acceptors (Lipinski definition) is 5. The Hall–Kier alpha value is -0.650. The second-order valence-electron chi connectivity index (χ2n) is 8.10. The van der Waals surface area contributed by atoms with Crippen LogP contribution in [-0.4, -0.2) is 100 Å². The largest absolute Gasteiger partial charge is 0.376 e. The molecule has 3 fully saturated rings. The van der Waals surface area contributed by atoms with Crippen molar-refractivity contribution in [1.29, 1.82) is 0 Å². The topological polar surface area (TPSA) is 75.6 Å². The number of hydrogen-bond donors (Lipinski definition) is 1. The molecule has 9 heteroatoms. The van der Waals surface area contributed by atoms with E-state index in [0.717, 1.165) is 77.3 Å². The number of carbonyl (C=O) groups excluding carboxylic acids is 1. The lowest BCUT2D eigenvalue weighted by molar-refractivity contribution is -0.127. The molecule has 2 atom stereocenters. The maximum atomic E-state index is 12.0. The van der Waals surface area contributed by atoms with Gasteiger partial charge in [0.1, 0.15) is 6.54 Å². The quantitative estimate of drug-likeness (QED) is 0.309. The second kappa shape index (κ2) is 12.9. The van der Waals surface area contributed by atoms with Crippen LogP contribution in [0.15, 0.2) is 4.99 Å². The molecule has 0 aromatic heterocycles. The highest BCUT2D eigenvalue weighted by Crippen LogP contribution is 2.18. The number of likely N-dealkylation sites (tertiary alicyclic amines) is 1. The Balaban J connectivity index is 0.00000300. The van der Waals surface area contributed by atoms with Gasteiger partial charge < -0.3 is 29.3 Å². The van der Waals surface area contributed by atoms with Crippen molar-refractivity contribution in [1.82, 2.24) is 15.1 Å². The van der Waals surface area contributed by atoms with Crippen LogP contribution in [0.1, 0.15) is 38.5 Å². The lowest BCUT2D eigenvalue weighted by Crippen LogP contribution is -2.49. The molecule has 3 aliphatic rings. The van der Waals surface area contributed by atoms with Gasteiger partial charge in [-0.2, -0.15) is 0 Å². The summed E-state index contributed by atoms with van der Waals surface area (Å²) in [5.41, 5.74) is 0. The van der Waals surface area contributed by atoms with Gasteiger partial charge in [0.2, 0.25) is 5.91 Å². The van der Waals surface area contributed by atoms with E-state index in [9.17, 15) is 4.79 Å². The van der Waals surface area contributed by atoms with Gasteiger partial charge in [-0.15, -0.1) is 24.0 Å². The average molecular weight is 524 g/mol. The number of nitrogens with one attached hydrogen (secondary N) is 1. The smallest absolute Gasteiger partial charge is 0.243 e. The number of carbonyl (C=O) groups is 1. The van der Waals surface area contributed by atoms with Crippen LogP contribution in [-0.2, 0) is 19.0 Å². The molecule has 0 radical (unpaired) electrons. The number of guanidine groups is 1. The van der Waals surface area contributed by atoms with Crippen LogP contribution >= 0.6 is 24.0 Å². The van der Waals surface area contributed by atoms with Crippen LogP contribution in [0.2, 0.25) is 0 Å². The van der Waals surface area contributed by atoms with Gasteiger partial charge in [-0.05, 0) is 38.5 Å². The minimum Gasteiger partial charge on any atom is -0.376 e. The molecule has 0 saturated carbocycles. The van der Waals surface area contributed by atoms with Crippen molar-refractivity contribution in [3.63, 3.8) is 0 Å². The molecule has 3 rings (SSSR count). The summed E-state index contributed by atoms with van der Waals surface area (Å²) in [6, 6.07) is 0. The Labute approximate surface area is 191 Å². The average Bonchev–Trinajstić information content (AvgIpc) is 3.40. The lowest BCUT2D eigenvalue weighted by Gasteiger charge is -2.35. The highest BCUT2D eigenvalue weighted by molar-refractivity contribution is 14.0. The molecular formula is C20H37IN4O4. The summed E-state index contributed by atoms with van der Waals surface area (Å²) in [7, 11) is 3.52. The van der Waals surface area contributed by atoms with Gasteiger partial charge in [0, 0.05) is 46.9 Å². The summed E-state index contributed by atoms with van der Waals surface area (Å²) in [5, 5.41) is 3.44. The van der Waals surface area contributed by atoms with Gasteiger partial charge in [0.05, 0.1) is 24.9 Å². The normalized spacial score (nSPS) is 25.7. The molecule has 3 saturated heterocycles. The van der Waals surface area contributed by atoms with E-state index in [4.69, 9.17) is 14.2 Å². The van der Waals surface area contributed by atoms with Gasteiger partial charge in [0.25, 0.3) is 0 Å². The first-order chi connectivity index (χ1) is 13.6. The predicted molar refractivity (Wildman–Crippen MR) is 123 cm³/mol. The molecule has 0 spiro atoms. The van der Waals surface area contributed by atoms with Crippen molar-refractivity contribution in [2.75, 3.05) is 60.1 Å². The number of halogens is 1. The fraction of sp³-hybridized carbons (Fsp3) is 0.900. The number of rotatable bonds is 7. The fourth-order valence-electron chi connectivity index (χ4n) is 3.82. The zero-order valence-corrected chi connectivity index (χ0v) is 20.1. The first-order valence-electron chi connectivity index (χ1n) is 10.7. The maximum absolute atomic E-state index is 12.0. The summed E-state index contributed by atoms with van der Waals surface area (Å²) in [4.78, 5) is 20.4. The van der Waals surface area contributed by atoms with Crippen LogP contribution in [0, 0.1) is 0 Å². The van der Waals surface area contributed by atoms with Gasteiger partial charge in [-0.25, -0.2) is 4.99 Å². The summed E-state index contributed by atoms with van der Waals surface area (Å²) in [6.07, 6.45) is 7.19. The number of piperidine rings is 1. The Kier molecular flexibility index (Phi) is 11.0. The molecule has 0 bridgehead atoms. The van der Waals surface area contributed by atoms with Gasteiger partial charge in [-0.3, -0.25) is 4.79 Å². The molecule has 1 N–H and O–H groups in total. The van der Waals surface area contributed by atoms with E-state index in [2.05, 4.69) is 15.2 Å². The molecule has 0 aromatic carbocycles. The molecule has 2 unspecified atom stereocenters. The highest BCUT2D eigenvalue weighted by Gasteiger charge is 2.25. The third-order valence-electron chi connectivity index (χ3n) is 5.66. The van der Waals surface area contributed by atoms with Crippen molar-refractivity contribution in [2.24, 2.45) is 4.99 Å². The molecule has 29 heavy (non-hydrogen) atoms. The molecule has 0 aromatic rings. The third-order valence-corrected chi connectivity index (χ3v) is 5.66. The van der Waals surface area contributed by atoms with Crippen LogP contribution in [0.25, 0.3) is 0 Å². The second-order valence-corrected chi connectivity index (χ2v) is 8.10. The highest BCUT2D eigenvalue weighted by atomic mass is 127. The summed E-state index contributed by atoms with van der Waals surface area (Å²) >= 11 is 0. The minimum absolute atomic E-state index is 0. The van der Waals surface area contributed by atoms with Crippen molar-refractivity contribution >= 4 is 35.8 Å². The summed E-state index contributed by atoms with van der Waals surface area (Å²) in [6.45, 7) is 5.08. The zero-order chi connectivity index (χ0) is 19.8. The molecular weight excluding hydrogens is 487 g/mol. The number of aliphatic imine (C=N–C) groups is 1. The standard InChI is InChI=1S/C20H36N4O4.HI/c1-23(2)19(25)14-22-20(21-13-17-5-3-11-26-17)24-9-7-16(8-10-24)28-15-18-6-4-12-27-18;/h16-18H,3-15H2,1-2H3,(H,21,22);1H. The molecule has 3 aliphatic heterocycles. The van der Waals surface area contributed by atoms with Gasteiger partial charge in [0.15, 0.2) is 5.96 Å². The van der Waals surface area contributed by atoms with E-state index < -0.39 is 0 Å². The number of nitrogens with zero attached hydrogens (tertiary/aromatic N) is 3. The summed E-state index contributed by atoms with van der Waals surface area (Å²) < 4.78 is 17.4. The lowest BCUT2D eigenvalue weighted by atomic mass is 10.1. The molecule has 8 nitrogen and oxygen atoms in total. The van der Waals surface area contributed by atoms with E-state index in [1.54, 1.807) is 19.0 Å². The first kappa shape index (κ1) is 24.6. The SMILES string of the molecule is CN(C)C(=O)CN=C(NCC1CCCO1)N1CCC(OCC2CCCO2)CC1.I. The number of ether oxygens (including phenoxy) is 3. The Morgan fingerprint density at radius 2 is 1.76 bits per heavy atom. The first-order valence-corrected chi connectivity index (χ1v) is 10.7. The summed E-state index contributed by atoms with van der Waals surface area (Å²) in [5.74, 6) is 0.814. The van der Waals surface area contributed by atoms with E-state index >= 15 is 0 Å². The van der Waals surface area contributed by atoms with Crippen LogP contribution in [0.3, 0.4) is 0 Å². The zero-order valence-electron chi connectivity index (χ0n) is 17.8. The van der Waals surface area contributed by atoms with Crippen LogP contribution in [0.5, 0.6) is 0 Å². The van der Waals surface area contributed by atoms with Crippen LogP contribution < -0.4 is 5.32 Å². The monoisotopic (exact) mass is 524 g/mol. The van der Waals surface area contributed by atoms with Crippen molar-refractivity contribution in [3.8, 4) is 0 Å². The fourth-order valence-corrected chi connectivity index (χ4v) is 3.82. The van der Waals surface area contributed by atoms with E-state index in [1.165, 1.54) is 0 Å². The Morgan fingerprint density at radius 1 is 1.10 bits per heavy atom. The number of likely N-dealkylation sites (N-methyl/N-ethyl adjacent to an activating group) is 1. The van der Waals surface area contributed by atoms with E-state index in [1.807, 2.05) is 0 Å². The van der Waals surface area contributed by atoms with Crippen molar-refractivity contribution in [2.45, 2.75) is 56.8 Å². The third kappa shape index (κ3) is 8.18.